The zero-order chi connectivity index (χ0) is 11.5. The molecular formula is C10H15NO3S. The van der Waals surface area contributed by atoms with E-state index in [0.717, 1.165) is 23.9 Å². The molecule has 1 atom stereocenters. The van der Waals surface area contributed by atoms with Gasteiger partial charge in [0.15, 0.2) is 0 Å². The highest BCUT2D eigenvalue weighted by atomic mass is 32.2. The molecule has 5 heteroatoms. The van der Waals surface area contributed by atoms with Gasteiger partial charge in [-0.25, -0.2) is 0 Å². The van der Waals surface area contributed by atoms with E-state index in [1.165, 1.54) is 0 Å². The maximum atomic E-state index is 10.9. The summed E-state index contributed by atoms with van der Waals surface area (Å²) < 4.78 is 26.6. The molecule has 1 aromatic heterocycles. The van der Waals surface area contributed by atoms with E-state index in [2.05, 4.69) is 4.98 Å². The summed E-state index contributed by atoms with van der Waals surface area (Å²) in [5.41, 5.74) is 1.74. The number of aryl methyl sites for hydroxylation is 1. The Morgan fingerprint density at radius 1 is 1.47 bits per heavy atom. The number of pyridine rings is 1. The number of aromatic nitrogens is 1. The first-order chi connectivity index (χ1) is 6.92. The Bertz CT molecular complexity index is 411. The Kier molecular flexibility index (Phi) is 3.82. The Labute approximate surface area is 90.4 Å². The second-order valence-electron chi connectivity index (χ2n) is 3.38. The Balaban J connectivity index is 2.78. The van der Waals surface area contributed by atoms with Gasteiger partial charge in [-0.05, 0) is 19.4 Å². The molecular weight excluding hydrogens is 214 g/mol. The van der Waals surface area contributed by atoms with Crippen LogP contribution in [0.4, 0.5) is 0 Å². The van der Waals surface area contributed by atoms with E-state index in [0.29, 0.717) is 0 Å². The summed E-state index contributed by atoms with van der Waals surface area (Å²) in [6.45, 7) is 3.70. The van der Waals surface area contributed by atoms with Gasteiger partial charge in [-0.1, -0.05) is 13.0 Å². The first-order valence-electron chi connectivity index (χ1n) is 4.75. The average molecular weight is 229 g/mol. The van der Waals surface area contributed by atoms with E-state index in [1.54, 1.807) is 13.1 Å². The molecule has 0 aliphatic heterocycles. The molecule has 0 aromatic carbocycles. The molecule has 0 bridgehead atoms. The van der Waals surface area contributed by atoms with Crippen LogP contribution in [0.15, 0.2) is 18.3 Å². The van der Waals surface area contributed by atoms with Gasteiger partial charge in [0, 0.05) is 17.5 Å². The van der Waals surface area contributed by atoms with Crippen LogP contribution in [0.2, 0.25) is 0 Å². The van der Waals surface area contributed by atoms with Crippen molar-refractivity contribution in [3.8, 4) is 0 Å². The van der Waals surface area contributed by atoms with Crippen molar-refractivity contribution in [1.82, 2.24) is 4.98 Å². The fourth-order valence-electron chi connectivity index (χ4n) is 1.20. The Morgan fingerprint density at radius 3 is 2.53 bits per heavy atom. The minimum Gasteiger partial charge on any atom is -0.262 e. The minimum absolute atomic E-state index is 0.488. The number of hydrogen-bond acceptors (Lipinski definition) is 4. The van der Waals surface area contributed by atoms with Crippen molar-refractivity contribution in [3.05, 3.63) is 29.6 Å². The van der Waals surface area contributed by atoms with Gasteiger partial charge in [-0.15, -0.1) is 0 Å². The zero-order valence-corrected chi connectivity index (χ0v) is 9.91. The van der Waals surface area contributed by atoms with Crippen LogP contribution in [0.25, 0.3) is 0 Å². The van der Waals surface area contributed by atoms with Crippen molar-refractivity contribution >= 4 is 10.1 Å². The lowest BCUT2D eigenvalue weighted by Crippen LogP contribution is -2.07. The number of nitrogens with zero attached hydrogens (tertiary/aromatic N) is 1. The predicted molar refractivity (Wildman–Crippen MR) is 58.0 cm³/mol. The Morgan fingerprint density at radius 2 is 2.13 bits per heavy atom. The van der Waals surface area contributed by atoms with Crippen molar-refractivity contribution in [2.24, 2.45) is 0 Å². The SMILES string of the molecule is CCc1ccc(C(C)OS(C)(=O)=O)cn1. The summed E-state index contributed by atoms with van der Waals surface area (Å²) in [4.78, 5) is 4.17. The average Bonchev–Trinajstić information content (AvgIpc) is 2.15. The van der Waals surface area contributed by atoms with Gasteiger partial charge in [-0.3, -0.25) is 9.17 Å². The van der Waals surface area contributed by atoms with Crippen LogP contribution < -0.4 is 0 Å². The van der Waals surface area contributed by atoms with Crippen molar-refractivity contribution in [2.45, 2.75) is 26.4 Å². The quantitative estimate of drug-likeness (QED) is 0.737. The van der Waals surface area contributed by atoms with E-state index in [9.17, 15) is 8.42 Å². The molecule has 1 rings (SSSR count). The van der Waals surface area contributed by atoms with Crippen molar-refractivity contribution in [2.75, 3.05) is 6.26 Å². The predicted octanol–water partition coefficient (Wildman–Crippen LogP) is 1.68. The molecule has 4 nitrogen and oxygen atoms in total. The second-order valence-corrected chi connectivity index (χ2v) is 4.98. The first kappa shape index (κ1) is 12.1. The lowest BCUT2D eigenvalue weighted by atomic mass is 10.1. The van der Waals surface area contributed by atoms with Crippen molar-refractivity contribution < 1.29 is 12.6 Å². The molecule has 0 fully saturated rings. The van der Waals surface area contributed by atoms with E-state index >= 15 is 0 Å². The van der Waals surface area contributed by atoms with Gasteiger partial charge in [0.25, 0.3) is 10.1 Å². The van der Waals surface area contributed by atoms with Gasteiger partial charge in [0.2, 0.25) is 0 Å². The molecule has 0 aliphatic carbocycles. The highest BCUT2D eigenvalue weighted by Gasteiger charge is 2.12. The van der Waals surface area contributed by atoms with Gasteiger partial charge in [0.05, 0.1) is 6.26 Å². The standard InChI is InChI=1S/C10H15NO3S/c1-4-10-6-5-9(7-11-10)8(2)14-15(3,12)13/h5-8H,4H2,1-3H3. The monoisotopic (exact) mass is 229 g/mol. The molecule has 0 saturated heterocycles. The minimum atomic E-state index is -3.41. The maximum Gasteiger partial charge on any atom is 0.264 e. The van der Waals surface area contributed by atoms with Crippen LogP contribution in [0, 0.1) is 0 Å². The molecule has 1 aromatic rings. The molecule has 1 heterocycles. The molecule has 84 valence electrons. The molecule has 0 aliphatic rings. The lowest BCUT2D eigenvalue weighted by Gasteiger charge is -2.10. The van der Waals surface area contributed by atoms with Crippen LogP contribution in [-0.4, -0.2) is 19.7 Å². The normalized spacial score (nSPS) is 13.8. The lowest BCUT2D eigenvalue weighted by molar-refractivity contribution is 0.236. The highest BCUT2D eigenvalue weighted by molar-refractivity contribution is 7.86. The van der Waals surface area contributed by atoms with Crippen LogP contribution in [0.1, 0.15) is 31.2 Å². The topological polar surface area (TPSA) is 56.3 Å². The third-order valence-electron chi connectivity index (χ3n) is 2.00. The molecule has 0 N–H and O–H groups in total. The second kappa shape index (κ2) is 4.72. The summed E-state index contributed by atoms with van der Waals surface area (Å²) in [7, 11) is -3.41. The van der Waals surface area contributed by atoms with Gasteiger partial charge >= 0.3 is 0 Å². The third-order valence-corrected chi connectivity index (χ3v) is 2.64. The summed E-state index contributed by atoms with van der Waals surface area (Å²) in [5.74, 6) is 0. The van der Waals surface area contributed by atoms with Crippen LogP contribution in [-0.2, 0) is 20.7 Å². The summed E-state index contributed by atoms with van der Waals surface area (Å²) >= 11 is 0. The van der Waals surface area contributed by atoms with Crippen LogP contribution in [0.3, 0.4) is 0 Å². The zero-order valence-electron chi connectivity index (χ0n) is 9.10. The largest absolute Gasteiger partial charge is 0.264 e. The maximum absolute atomic E-state index is 10.9. The van der Waals surface area contributed by atoms with Gasteiger partial charge < -0.3 is 0 Å². The summed E-state index contributed by atoms with van der Waals surface area (Å²) in [5, 5.41) is 0. The van der Waals surface area contributed by atoms with Crippen molar-refractivity contribution in [3.63, 3.8) is 0 Å². The Hall–Kier alpha value is -0.940. The smallest absolute Gasteiger partial charge is 0.262 e. The number of hydrogen-bond donors (Lipinski definition) is 0. The van der Waals surface area contributed by atoms with E-state index in [4.69, 9.17) is 4.18 Å². The van der Waals surface area contributed by atoms with Gasteiger partial charge in [0.1, 0.15) is 6.10 Å². The molecule has 0 amide bonds. The van der Waals surface area contributed by atoms with E-state index < -0.39 is 16.2 Å². The molecule has 1 unspecified atom stereocenters. The highest BCUT2D eigenvalue weighted by Crippen LogP contribution is 2.17. The number of rotatable bonds is 4. The first-order valence-corrected chi connectivity index (χ1v) is 6.57. The van der Waals surface area contributed by atoms with E-state index in [-0.39, 0.29) is 0 Å². The van der Waals surface area contributed by atoms with Crippen LogP contribution >= 0.6 is 0 Å². The summed E-state index contributed by atoms with van der Waals surface area (Å²) in [6, 6.07) is 3.71. The van der Waals surface area contributed by atoms with Crippen LogP contribution in [0.5, 0.6) is 0 Å². The third kappa shape index (κ3) is 3.97. The van der Waals surface area contributed by atoms with E-state index in [1.807, 2.05) is 19.1 Å². The molecule has 0 spiro atoms. The molecule has 15 heavy (non-hydrogen) atoms. The fraction of sp³-hybridized carbons (Fsp3) is 0.500. The summed E-state index contributed by atoms with van der Waals surface area (Å²) in [6.07, 6.45) is 3.06. The molecule has 0 saturated carbocycles. The molecule has 0 radical (unpaired) electrons. The van der Waals surface area contributed by atoms with Crippen molar-refractivity contribution in [1.29, 1.82) is 0 Å². The fourth-order valence-corrected chi connectivity index (χ4v) is 1.84. The van der Waals surface area contributed by atoms with Gasteiger partial charge in [-0.2, -0.15) is 8.42 Å².